The summed E-state index contributed by atoms with van der Waals surface area (Å²) in [5.41, 5.74) is 2.37. The Morgan fingerprint density at radius 2 is 2.07 bits per heavy atom. The van der Waals surface area contributed by atoms with Gasteiger partial charge < -0.3 is 15.4 Å². The zero-order valence-electron chi connectivity index (χ0n) is 16.5. The van der Waals surface area contributed by atoms with E-state index in [1.54, 1.807) is 11.3 Å². The second-order valence-corrected chi connectivity index (χ2v) is 8.22. The van der Waals surface area contributed by atoms with E-state index < -0.39 is 0 Å². The third-order valence-electron chi connectivity index (χ3n) is 4.89. The van der Waals surface area contributed by atoms with Crippen LogP contribution >= 0.6 is 11.3 Å². The Morgan fingerprint density at radius 3 is 2.78 bits per heavy atom. The lowest BCUT2D eigenvalue weighted by Crippen LogP contribution is -2.42. The van der Waals surface area contributed by atoms with Crippen molar-refractivity contribution in [2.45, 2.75) is 46.3 Å². The molecule has 2 atom stereocenters. The Hall–Kier alpha value is -1.92. The Bertz CT molecular complexity index is 724. The molecular weight excluding hydrogens is 356 g/mol. The molecule has 27 heavy (non-hydrogen) atoms. The van der Waals surface area contributed by atoms with Gasteiger partial charge in [-0.1, -0.05) is 30.3 Å². The van der Waals surface area contributed by atoms with Crippen LogP contribution in [0.2, 0.25) is 0 Å². The Morgan fingerprint density at radius 1 is 1.26 bits per heavy atom. The number of aryl methyl sites for hydroxylation is 2. The van der Waals surface area contributed by atoms with Crippen molar-refractivity contribution in [1.82, 2.24) is 15.6 Å². The number of aliphatic imine (C=N–C) groups is 1. The van der Waals surface area contributed by atoms with E-state index in [9.17, 15) is 0 Å². The summed E-state index contributed by atoms with van der Waals surface area (Å²) in [5.74, 6) is 1.29. The van der Waals surface area contributed by atoms with Crippen LogP contribution in [0.1, 0.15) is 47.0 Å². The van der Waals surface area contributed by atoms with E-state index in [0.717, 1.165) is 49.2 Å². The summed E-state index contributed by atoms with van der Waals surface area (Å²) in [6, 6.07) is 10.5. The summed E-state index contributed by atoms with van der Waals surface area (Å²) < 4.78 is 6.11. The number of ether oxygens (including phenoxy) is 1. The summed E-state index contributed by atoms with van der Waals surface area (Å²) in [7, 11) is 0. The van der Waals surface area contributed by atoms with Crippen molar-refractivity contribution in [2.75, 3.05) is 19.7 Å². The standard InChI is InChI=1S/C21H30N4OS/c1-4-22-21(24-14-19-25-15(2)16(3)27-19)23-13-18-11-8-12-26-20(18)17-9-6-5-7-10-17/h5-7,9-10,18,20H,4,8,11-14H2,1-3H3,(H2,22,23,24). The first kappa shape index (κ1) is 19.8. The molecule has 0 radical (unpaired) electrons. The minimum atomic E-state index is 0.152. The van der Waals surface area contributed by atoms with Gasteiger partial charge in [-0.2, -0.15) is 0 Å². The molecule has 2 aromatic rings. The van der Waals surface area contributed by atoms with Crippen LogP contribution < -0.4 is 10.6 Å². The molecule has 1 aliphatic rings. The Kier molecular flexibility index (Phi) is 7.24. The van der Waals surface area contributed by atoms with E-state index >= 15 is 0 Å². The summed E-state index contributed by atoms with van der Waals surface area (Å²) in [4.78, 5) is 10.6. The average molecular weight is 387 g/mol. The minimum Gasteiger partial charge on any atom is -0.373 e. The zero-order valence-corrected chi connectivity index (χ0v) is 17.3. The number of guanidine groups is 1. The van der Waals surface area contributed by atoms with Crippen LogP contribution in [0.25, 0.3) is 0 Å². The van der Waals surface area contributed by atoms with Gasteiger partial charge in [0.1, 0.15) is 5.01 Å². The molecule has 1 fully saturated rings. The van der Waals surface area contributed by atoms with Gasteiger partial charge in [0.15, 0.2) is 5.96 Å². The lowest BCUT2D eigenvalue weighted by molar-refractivity contribution is -0.0265. The van der Waals surface area contributed by atoms with Gasteiger partial charge in [0, 0.05) is 30.5 Å². The maximum Gasteiger partial charge on any atom is 0.191 e. The van der Waals surface area contributed by atoms with Gasteiger partial charge in [-0.05, 0) is 39.2 Å². The number of hydrogen-bond donors (Lipinski definition) is 2. The number of nitrogens with one attached hydrogen (secondary N) is 2. The second kappa shape index (κ2) is 9.85. The van der Waals surface area contributed by atoms with Crippen LogP contribution in [0.4, 0.5) is 0 Å². The van der Waals surface area contributed by atoms with Crippen LogP contribution in [0.3, 0.4) is 0 Å². The predicted molar refractivity (Wildman–Crippen MR) is 112 cm³/mol. The topological polar surface area (TPSA) is 58.5 Å². The summed E-state index contributed by atoms with van der Waals surface area (Å²) in [6.45, 7) is 9.38. The highest BCUT2D eigenvalue weighted by Gasteiger charge is 2.27. The van der Waals surface area contributed by atoms with E-state index in [1.165, 1.54) is 10.4 Å². The smallest absolute Gasteiger partial charge is 0.191 e. The van der Waals surface area contributed by atoms with Crippen molar-refractivity contribution in [2.24, 2.45) is 10.9 Å². The van der Waals surface area contributed by atoms with Crippen LogP contribution in [-0.4, -0.2) is 30.6 Å². The van der Waals surface area contributed by atoms with Crippen molar-refractivity contribution >= 4 is 17.3 Å². The number of hydrogen-bond acceptors (Lipinski definition) is 4. The maximum atomic E-state index is 6.11. The van der Waals surface area contributed by atoms with E-state index in [0.29, 0.717) is 12.5 Å². The minimum absolute atomic E-state index is 0.152. The quantitative estimate of drug-likeness (QED) is 0.582. The fraction of sp³-hybridized carbons (Fsp3) is 0.524. The molecule has 6 heteroatoms. The van der Waals surface area contributed by atoms with Gasteiger partial charge >= 0.3 is 0 Å². The number of rotatable bonds is 6. The highest BCUT2D eigenvalue weighted by Crippen LogP contribution is 2.33. The van der Waals surface area contributed by atoms with Gasteiger partial charge in [-0.25, -0.2) is 9.98 Å². The summed E-state index contributed by atoms with van der Waals surface area (Å²) in [6.07, 6.45) is 2.43. The monoisotopic (exact) mass is 386 g/mol. The number of nitrogens with zero attached hydrogens (tertiary/aromatic N) is 2. The molecule has 5 nitrogen and oxygen atoms in total. The molecule has 0 aliphatic carbocycles. The largest absolute Gasteiger partial charge is 0.373 e. The maximum absolute atomic E-state index is 6.11. The lowest BCUT2D eigenvalue weighted by Gasteiger charge is -2.32. The third kappa shape index (κ3) is 5.53. The lowest BCUT2D eigenvalue weighted by atomic mass is 9.89. The first-order valence-electron chi connectivity index (χ1n) is 9.79. The molecule has 0 amide bonds. The van der Waals surface area contributed by atoms with Crippen molar-refractivity contribution in [3.05, 3.63) is 51.5 Å². The average Bonchev–Trinajstić information content (AvgIpc) is 3.02. The molecule has 1 aliphatic heterocycles. The first-order chi connectivity index (χ1) is 13.2. The highest BCUT2D eigenvalue weighted by molar-refractivity contribution is 7.11. The van der Waals surface area contributed by atoms with E-state index in [-0.39, 0.29) is 6.10 Å². The Balaban J connectivity index is 1.62. The second-order valence-electron chi connectivity index (χ2n) is 6.93. The molecule has 2 unspecified atom stereocenters. The van der Waals surface area contributed by atoms with Crippen molar-refractivity contribution in [1.29, 1.82) is 0 Å². The van der Waals surface area contributed by atoms with E-state index in [2.05, 4.69) is 66.7 Å². The van der Waals surface area contributed by atoms with Crippen molar-refractivity contribution < 1.29 is 4.74 Å². The van der Waals surface area contributed by atoms with Crippen molar-refractivity contribution in [3.8, 4) is 0 Å². The van der Waals surface area contributed by atoms with Crippen LogP contribution in [-0.2, 0) is 11.3 Å². The number of benzene rings is 1. The SMILES string of the molecule is CCNC(=NCc1nc(C)c(C)s1)NCC1CCCOC1c1ccccc1. The Labute approximate surface area is 166 Å². The molecule has 1 aromatic carbocycles. The fourth-order valence-corrected chi connectivity index (χ4v) is 4.24. The predicted octanol–water partition coefficient (Wildman–Crippen LogP) is 3.98. The molecule has 0 bridgehead atoms. The molecule has 2 heterocycles. The third-order valence-corrected chi connectivity index (χ3v) is 5.95. The van der Waals surface area contributed by atoms with Gasteiger partial charge in [0.2, 0.25) is 0 Å². The molecule has 1 saturated heterocycles. The zero-order chi connectivity index (χ0) is 19.1. The van der Waals surface area contributed by atoms with Crippen molar-refractivity contribution in [3.63, 3.8) is 0 Å². The fourth-order valence-electron chi connectivity index (χ4n) is 3.39. The molecule has 3 rings (SSSR count). The molecule has 0 spiro atoms. The van der Waals surface area contributed by atoms with Gasteiger partial charge in [-0.3, -0.25) is 0 Å². The molecule has 2 N–H and O–H groups in total. The van der Waals surface area contributed by atoms with Crippen LogP contribution in [0, 0.1) is 19.8 Å². The first-order valence-corrected chi connectivity index (χ1v) is 10.6. The summed E-state index contributed by atoms with van der Waals surface area (Å²) in [5, 5.41) is 7.92. The van der Waals surface area contributed by atoms with Crippen LogP contribution in [0.5, 0.6) is 0 Å². The van der Waals surface area contributed by atoms with Crippen LogP contribution in [0.15, 0.2) is 35.3 Å². The number of thiazole rings is 1. The van der Waals surface area contributed by atoms with E-state index in [1.807, 2.05) is 0 Å². The number of aromatic nitrogens is 1. The normalized spacial score (nSPS) is 20.5. The summed E-state index contributed by atoms with van der Waals surface area (Å²) >= 11 is 1.72. The van der Waals surface area contributed by atoms with Gasteiger partial charge in [0.05, 0.1) is 18.3 Å². The molecule has 1 aromatic heterocycles. The van der Waals surface area contributed by atoms with E-state index in [4.69, 9.17) is 9.73 Å². The van der Waals surface area contributed by atoms with Gasteiger partial charge in [0.25, 0.3) is 0 Å². The highest BCUT2D eigenvalue weighted by atomic mass is 32.1. The molecular formula is C21H30N4OS. The van der Waals surface area contributed by atoms with Gasteiger partial charge in [-0.15, -0.1) is 11.3 Å². The molecule has 146 valence electrons. The molecule has 0 saturated carbocycles.